The molecule has 3 aromatic rings. The monoisotopic (exact) mass is 430 g/mol. The van der Waals surface area contributed by atoms with Gasteiger partial charge in [0.1, 0.15) is 5.75 Å². The van der Waals surface area contributed by atoms with E-state index in [2.05, 4.69) is 5.32 Å². The number of hydrogen-bond donors (Lipinski definition) is 1. The van der Waals surface area contributed by atoms with Crippen LogP contribution in [0.25, 0.3) is 0 Å². The van der Waals surface area contributed by atoms with E-state index in [0.717, 1.165) is 4.31 Å². The number of para-hydroxylation sites is 1. The predicted octanol–water partition coefficient (Wildman–Crippen LogP) is 4.63. The lowest BCUT2D eigenvalue weighted by Gasteiger charge is -2.14. The fraction of sp³-hybridized carbons (Fsp3) is 0.0952. The third-order valence-corrected chi connectivity index (χ3v) is 6.12. The molecule has 3 rings (SSSR count). The lowest BCUT2D eigenvalue weighted by molar-refractivity contribution is 0.102. The predicted molar refractivity (Wildman–Crippen MR) is 113 cm³/mol. The van der Waals surface area contributed by atoms with Crippen LogP contribution in [0.15, 0.2) is 77.7 Å². The molecule has 1 N–H and O–H groups in total. The Hall–Kier alpha value is -2.87. The standard InChI is InChI=1S/C21H19ClN2O4S/c1-24(2)29(26,27)18-11-8-15(9-12-18)21(25)23-19-14-16(22)10-13-20(19)28-17-6-4-3-5-7-17/h3-14H,1-2H3,(H,23,25). The van der Waals surface area contributed by atoms with Crippen LogP contribution in [0.4, 0.5) is 5.69 Å². The summed E-state index contributed by atoms with van der Waals surface area (Å²) in [7, 11) is -0.665. The van der Waals surface area contributed by atoms with Gasteiger partial charge < -0.3 is 10.1 Å². The van der Waals surface area contributed by atoms with Crippen LogP contribution in [0.3, 0.4) is 0 Å². The molecule has 0 bridgehead atoms. The molecule has 29 heavy (non-hydrogen) atoms. The van der Waals surface area contributed by atoms with E-state index < -0.39 is 15.9 Å². The first kappa shape index (κ1) is 20.9. The van der Waals surface area contributed by atoms with E-state index in [-0.39, 0.29) is 4.90 Å². The Labute approximate surface area is 174 Å². The first-order valence-electron chi connectivity index (χ1n) is 8.64. The molecule has 0 aliphatic rings. The first-order valence-corrected chi connectivity index (χ1v) is 10.5. The number of amides is 1. The van der Waals surface area contributed by atoms with Gasteiger partial charge in [0.05, 0.1) is 10.6 Å². The molecule has 1 amide bonds. The quantitative estimate of drug-likeness (QED) is 0.618. The second kappa shape index (κ2) is 8.65. The molecule has 0 aliphatic carbocycles. The summed E-state index contributed by atoms with van der Waals surface area (Å²) in [6.45, 7) is 0. The Morgan fingerprint density at radius 3 is 2.24 bits per heavy atom. The summed E-state index contributed by atoms with van der Waals surface area (Å²) in [5.74, 6) is 0.628. The summed E-state index contributed by atoms with van der Waals surface area (Å²) in [5.41, 5.74) is 0.699. The summed E-state index contributed by atoms with van der Waals surface area (Å²) in [5, 5.41) is 3.20. The van der Waals surface area contributed by atoms with Crippen molar-refractivity contribution < 1.29 is 17.9 Å². The highest BCUT2D eigenvalue weighted by atomic mass is 35.5. The van der Waals surface area contributed by atoms with Crippen LogP contribution in [0, 0.1) is 0 Å². The van der Waals surface area contributed by atoms with Gasteiger partial charge in [-0.3, -0.25) is 4.79 Å². The Morgan fingerprint density at radius 1 is 0.966 bits per heavy atom. The minimum Gasteiger partial charge on any atom is -0.455 e. The maximum absolute atomic E-state index is 12.7. The molecular formula is C21H19ClN2O4S. The molecule has 0 spiro atoms. The van der Waals surface area contributed by atoms with E-state index in [1.807, 2.05) is 18.2 Å². The van der Waals surface area contributed by atoms with Gasteiger partial charge in [0.25, 0.3) is 5.91 Å². The molecule has 0 saturated heterocycles. The van der Waals surface area contributed by atoms with Gasteiger partial charge in [0, 0.05) is 24.7 Å². The lowest BCUT2D eigenvalue weighted by atomic mass is 10.2. The lowest BCUT2D eigenvalue weighted by Crippen LogP contribution is -2.22. The summed E-state index contributed by atoms with van der Waals surface area (Å²) >= 11 is 6.07. The van der Waals surface area contributed by atoms with E-state index >= 15 is 0 Å². The second-order valence-electron chi connectivity index (χ2n) is 6.32. The number of anilines is 1. The van der Waals surface area contributed by atoms with Crippen molar-refractivity contribution in [3.8, 4) is 11.5 Å². The van der Waals surface area contributed by atoms with Gasteiger partial charge in [-0.05, 0) is 54.6 Å². The Kier molecular flexibility index (Phi) is 6.22. The molecular weight excluding hydrogens is 412 g/mol. The zero-order valence-electron chi connectivity index (χ0n) is 15.8. The Morgan fingerprint density at radius 2 is 1.62 bits per heavy atom. The number of hydrogen-bond acceptors (Lipinski definition) is 4. The smallest absolute Gasteiger partial charge is 0.255 e. The molecule has 8 heteroatoms. The largest absolute Gasteiger partial charge is 0.455 e. The van der Waals surface area contributed by atoms with Crippen molar-refractivity contribution in [1.82, 2.24) is 4.31 Å². The number of nitrogens with one attached hydrogen (secondary N) is 1. The van der Waals surface area contributed by atoms with Crippen molar-refractivity contribution in [3.63, 3.8) is 0 Å². The zero-order valence-corrected chi connectivity index (χ0v) is 17.4. The minimum atomic E-state index is -3.56. The zero-order chi connectivity index (χ0) is 21.0. The molecule has 6 nitrogen and oxygen atoms in total. The van der Waals surface area contributed by atoms with Crippen LogP contribution < -0.4 is 10.1 Å². The van der Waals surface area contributed by atoms with Gasteiger partial charge in [0.2, 0.25) is 10.0 Å². The molecule has 0 heterocycles. The first-order chi connectivity index (χ1) is 13.8. The van der Waals surface area contributed by atoms with Crippen molar-refractivity contribution in [1.29, 1.82) is 0 Å². The van der Waals surface area contributed by atoms with Crippen molar-refractivity contribution in [2.24, 2.45) is 0 Å². The van der Waals surface area contributed by atoms with Crippen LogP contribution in [0.2, 0.25) is 5.02 Å². The topological polar surface area (TPSA) is 75.7 Å². The molecule has 0 unspecified atom stereocenters. The van der Waals surface area contributed by atoms with Gasteiger partial charge in [-0.2, -0.15) is 0 Å². The third-order valence-electron chi connectivity index (χ3n) is 4.06. The molecule has 0 radical (unpaired) electrons. The van der Waals surface area contributed by atoms with Crippen LogP contribution in [-0.4, -0.2) is 32.7 Å². The second-order valence-corrected chi connectivity index (χ2v) is 8.91. The van der Waals surface area contributed by atoms with Gasteiger partial charge in [-0.1, -0.05) is 29.8 Å². The molecule has 0 saturated carbocycles. The molecule has 0 atom stereocenters. The van der Waals surface area contributed by atoms with E-state index in [1.54, 1.807) is 30.3 Å². The number of carbonyl (C=O) groups excluding carboxylic acids is 1. The molecule has 0 aliphatic heterocycles. The minimum absolute atomic E-state index is 0.106. The van der Waals surface area contributed by atoms with Crippen molar-refractivity contribution >= 4 is 33.2 Å². The Balaban J connectivity index is 1.83. The van der Waals surface area contributed by atoms with Gasteiger partial charge in [-0.25, -0.2) is 12.7 Å². The highest BCUT2D eigenvalue weighted by Gasteiger charge is 2.18. The summed E-state index contributed by atoms with van der Waals surface area (Å²) < 4.78 is 31.3. The number of benzene rings is 3. The number of ether oxygens (including phenoxy) is 1. The average Bonchev–Trinajstić information content (AvgIpc) is 2.70. The van der Waals surface area contributed by atoms with Crippen LogP contribution in [0.1, 0.15) is 10.4 Å². The number of halogens is 1. The van der Waals surface area contributed by atoms with Crippen LogP contribution in [-0.2, 0) is 10.0 Å². The van der Waals surface area contributed by atoms with Crippen LogP contribution >= 0.6 is 11.6 Å². The number of rotatable bonds is 6. The summed E-state index contributed by atoms with van der Waals surface area (Å²) in [6, 6.07) is 19.7. The molecule has 0 aromatic heterocycles. The van der Waals surface area contributed by atoms with Crippen molar-refractivity contribution in [2.45, 2.75) is 4.90 Å². The van der Waals surface area contributed by atoms with Crippen molar-refractivity contribution in [2.75, 3.05) is 19.4 Å². The highest BCUT2D eigenvalue weighted by molar-refractivity contribution is 7.89. The fourth-order valence-corrected chi connectivity index (χ4v) is 3.56. The third kappa shape index (κ3) is 4.95. The van der Waals surface area contributed by atoms with E-state index in [0.29, 0.717) is 27.8 Å². The average molecular weight is 431 g/mol. The van der Waals surface area contributed by atoms with E-state index in [9.17, 15) is 13.2 Å². The highest BCUT2D eigenvalue weighted by Crippen LogP contribution is 2.32. The SMILES string of the molecule is CN(C)S(=O)(=O)c1ccc(C(=O)Nc2cc(Cl)ccc2Oc2ccccc2)cc1. The number of sulfonamides is 1. The number of carbonyl (C=O) groups is 1. The maximum Gasteiger partial charge on any atom is 0.255 e. The van der Waals surface area contributed by atoms with E-state index in [1.165, 1.54) is 38.4 Å². The summed E-state index contributed by atoms with van der Waals surface area (Å²) in [6.07, 6.45) is 0. The molecule has 3 aromatic carbocycles. The van der Waals surface area contributed by atoms with Gasteiger partial charge in [-0.15, -0.1) is 0 Å². The van der Waals surface area contributed by atoms with Gasteiger partial charge in [0.15, 0.2) is 5.75 Å². The summed E-state index contributed by atoms with van der Waals surface area (Å²) in [4.78, 5) is 12.8. The van der Waals surface area contributed by atoms with E-state index in [4.69, 9.17) is 16.3 Å². The normalized spacial score (nSPS) is 11.3. The number of nitrogens with zero attached hydrogens (tertiary/aromatic N) is 1. The maximum atomic E-state index is 12.7. The van der Waals surface area contributed by atoms with Gasteiger partial charge >= 0.3 is 0 Å². The Bertz CT molecular complexity index is 1120. The molecule has 0 fully saturated rings. The fourth-order valence-electron chi connectivity index (χ4n) is 2.49. The van der Waals surface area contributed by atoms with Crippen molar-refractivity contribution in [3.05, 3.63) is 83.4 Å². The van der Waals surface area contributed by atoms with Crippen LogP contribution in [0.5, 0.6) is 11.5 Å². The molecule has 150 valence electrons.